The smallest absolute Gasteiger partial charge is 0.411 e. The molecule has 2 amide bonds. The van der Waals surface area contributed by atoms with Gasteiger partial charge < -0.3 is 10.5 Å². The standard InChI is InChI=1S/C22H24N2O3/c1-17(2)27-22(26)24(15-9-14-18-10-5-3-6-11-18)20(21(23)25)16-19-12-7-4-8-13-19/h3-8,10-13,17,20H,15-16H2,1-2H3,(H2,23,25)/t20-/m0/s1. The van der Waals surface area contributed by atoms with E-state index in [0.717, 1.165) is 11.1 Å². The number of carbonyl (C=O) groups excluding carboxylic acids is 2. The minimum absolute atomic E-state index is 0.0425. The van der Waals surface area contributed by atoms with Gasteiger partial charge in [-0.05, 0) is 31.5 Å². The van der Waals surface area contributed by atoms with Gasteiger partial charge in [-0.15, -0.1) is 0 Å². The maximum absolute atomic E-state index is 12.6. The Morgan fingerprint density at radius 1 is 1.04 bits per heavy atom. The van der Waals surface area contributed by atoms with Crippen LogP contribution in [0.4, 0.5) is 4.79 Å². The molecule has 2 N–H and O–H groups in total. The summed E-state index contributed by atoms with van der Waals surface area (Å²) in [5.41, 5.74) is 7.33. The lowest BCUT2D eigenvalue weighted by atomic mass is 10.0. The molecule has 5 nitrogen and oxygen atoms in total. The van der Waals surface area contributed by atoms with Crippen molar-refractivity contribution in [3.63, 3.8) is 0 Å². The number of nitrogens with zero attached hydrogens (tertiary/aromatic N) is 1. The summed E-state index contributed by atoms with van der Waals surface area (Å²) in [7, 11) is 0. The predicted octanol–water partition coefficient (Wildman–Crippen LogP) is 2.98. The molecule has 0 aromatic heterocycles. The van der Waals surface area contributed by atoms with Gasteiger partial charge in [0, 0.05) is 12.0 Å². The third-order valence-corrected chi connectivity index (χ3v) is 3.80. The van der Waals surface area contributed by atoms with Crippen LogP contribution in [0, 0.1) is 11.8 Å². The van der Waals surface area contributed by atoms with Crippen LogP contribution in [0.15, 0.2) is 60.7 Å². The second-order valence-electron chi connectivity index (χ2n) is 6.34. The van der Waals surface area contributed by atoms with Crippen molar-refractivity contribution >= 4 is 12.0 Å². The molecule has 0 radical (unpaired) electrons. The zero-order chi connectivity index (χ0) is 19.6. The maximum atomic E-state index is 12.6. The molecule has 0 unspecified atom stereocenters. The zero-order valence-corrected chi connectivity index (χ0v) is 15.6. The van der Waals surface area contributed by atoms with Crippen LogP contribution in [0.5, 0.6) is 0 Å². The molecule has 2 aromatic carbocycles. The van der Waals surface area contributed by atoms with E-state index in [1.54, 1.807) is 13.8 Å². The highest BCUT2D eigenvalue weighted by Gasteiger charge is 2.29. The average molecular weight is 364 g/mol. The fourth-order valence-corrected chi connectivity index (χ4v) is 2.52. The number of hydrogen-bond donors (Lipinski definition) is 1. The van der Waals surface area contributed by atoms with Crippen LogP contribution in [0.25, 0.3) is 0 Å². The second-order valence-corrected chi connectivity index (χ2v) is 6.34. The molecule has 0 saturated carbocycles. The molecule has 27 heavy (non-hydrogen) atoms. The predicted molar refractivity (Wildman–Crippen MR) is 105 cm³/mol. The van der Waals surface area contributed by atoms with Crippen molar-refractivity contribution in [2.45, 2.75) is 32.4 Å². The van der Waals surface area contributed by atoms with Crippen LogP contribution in [0.3, 0.4) is 0 Å². The summed E-state index contributed by atoms with van der Waals surface area (Å²) in [5, 5.41) is 0. The van der Waals surface area contributed by atoms with Gasteiger partial charge in [-0.3, -0.25) is 9.69 Å². The van der Waals surface area contributed by atoms with Crippen molar-refractivity contribution < 1.29 is 14.3 Å². The number of primary amides is 1. The molecule has 0 aliphatic carbocycles. The van der Waals surface area contributed by atoms with Gasteiger partial charge in [0.1, 0.15) is 6.04 Å². The molecule has 0 heterocycles. The van der Waals surface area contributed by atoms with E-state index in [1.807, 2.05) is 60.7 Å². The second kappa shape index (κ2) is 10.0. The summed E-state index contributed by atoms with van der Waals surface area (Å²) in [6.07, 6.45) is -0.615. The van der Waals surface area contributed by atoms with E-state index >= 15 is 0 Å². The highest BCUT2D eigenvalue weighted by atomic mass is 16.6. The zero-order valence-electron chi connectivity index (χ0n) is 15.6. The number of benzene rings is 2. The first-order chi connectivity index (χ1) is 13.0. The number of rotatable bonds is 6. The summed E-state index contributed by atoms with van der Waals surface area (Å²) < 4.78 is 5.30. The lowest BCUT2D eigenvalue weighted by molar-refractivity contribution is -0.122. The summed E-state index contributed by atoms with van der Waals surface area (Å²) in [5.74, 6) is 5.34. The summed E-state index contributed by atoms with van der Waals surface area (Å²) in [6.45, 7) is 3.55. The van der Waals surface area contributed by atoms with Crippen LogP contribution < -0.4 is 5.73 Å². The molecule has 0 aliphatic rings. The molecule has 1 atom stereocenters. The summed E-state index contributed by atoms with van der Waals surface area (Å²) in [6, 6.07) is 18.0. The largest absolute Gasteiger partial charge is 0.447 e. The molecule has 5 heteroatoms. The van der Waals surface area contributed by atoms with E-state index in [4.69, 9.17) is 10.5 Å². The molecule has 0 aliphatic heterocycles. The van der Waals surface area contributed by atoms with Crippen LogP contribution in [-0.4, -0.2) is 35.6 Å². The number of hydrogen-bond acceptors (Lipinski definition) is 3. The number of nitrogens with two attached hydrogens (primary N) is 1. The van der Waals surface area contributed by atoms with Crippen LogP contribution >= 0.6 is 0 Å². The van der Waals surface area contributed by atoms with Crippen molar-refractivity contribution in [3.05, 3.63) is 71.8 Å². The van der Waals surface area contributed by atoms with E-state index < -0.39 is 18.0 Å². The van der Waals surface area contributed by atoms with Crippen molar-refractivity contribution in [3.8, 4) is 11.8 Å². The van der Waals surface area contributed by atoms with E-state index in [0.29, 0.717) is 6.42 Å². The number of ether oxygens (including phenoxy) is 1. The Morgan fingerprint density at radius 3 is 2.19 bits per heavy atom. The first-order valence-corrected chi connectivity index (χ1v) is 8.81. The van der Waals surface area contributed by atoms with Gasteiger partial charge in [0.25, 0.3) is 0 Å². The number of amides is 2. The topological polar surface area (TPSA) is 72.6 Å². The van der Waals surface area contributed by atoms with Gasteiger partial charge in [-0.1, -0.05) is 60.4 Å². The highest BCUT2D eigenvalue weighted by Crippen LogP contribution is 2.11. The molecule has 140 valence electrons. The Hall–Kier alpha value is -3.26. The summed E-state index contributed by atoms with van der Waals surface area (Å²) in [4.78, 5) is 26.0. The molecule has 2 rings (SSSR count). The Morgan fingerprint density at radius 2 is 1.63 bits per heavy atom. The van der Waals surface area contributed by atoms with Crippen molar-refractivity contribution in [1.82, 2.24) is 4.90 Å². The Labute approximate surface area is 160 Å². The highest BCUT2D eigenvalue weighted by molar-refractivity contribution is 5.84. The van der Waals surface area contributed by atoms with E-state index in [1.165, 1.54) is 4.90 Å². The monoisotopic (exact) mass is 364 g/mol. The quantitative estimate of drug-likeness (QED) is 0.801. The van der Waals surface area contributed by atoms with Gasteiger partial charge in [0.2, 0.25) is 5.91 Å². The molecule has 0 fully saturated rings. The molecular formula is C22H24N2O3. The first-order valence-electron chi connectivity index (χ1n) is 8.81. The molecule has 2 aromatic rings. The lowest BCUT2D eigenvalue weighted by Crippen LogP contribution is -2.50. The Bertz CT molecular complexity index is 808. The van der Waals surface area contributed by atoms with Crippen molar-refractivity contribution in [1.29, 1.82) is 0 Å². The van der Waals surface area contributed by atoms with Crippen LogP contribution in [0.2, 0.25) is 0 Å². The van der Waals surface area contributed by atoms with Gasteiger partial charge in [-0.2, -0.15) is 0 Å². The minimum atomic E-state index is -0.844. The van der Waals surface area contributed by atoms with Crippen molar-refractivity contribution in [2.75, 3.05) is 6.54 Å². The lowest BCUT2D eigenvalue weighted by Gasteiger charge is -2.28. The molecule has 0 saturated heterocycles. The molecule has 0 spiro atoms. The minimum Gasteiger partial charge on any atom is -0.447 e. The third kappa shape index (κ3) is 6.52. The van der Waals surface area contributed by atoms with E-state index in [2.05, 4.69) is 11.8 Å². The normalized spacial score (nSPS) is 11.2. The fourth-order valence-electron chi connectivity index (χ4n) is 2.52. The van der Waals surface area contributed by atoms with Gasteiger partial charge >= 0.3 is 6.09 Å². The van der Waals surface area contributed by atoms with Crippen LogP contribution in [0.1, 0.15) is 25.0 Å². The third-order valence-electron chi connectivity index (χ3n) is 3.80. The number of carbonyl (C=O) groups is 2. The van der Waals surface area contributed by atoms with E-state index in [-0.39, 0.29) is 12.6 Å². The van der Waals surface area contributed by atoms with Gasteiger partial charge in [-0.25, -0.2) is 4.79 Å². The SMILES string of the molecule is CC(C)OC(=O)N(CC#Cc1ccccc1)[C@@H](Cc1ccccc1)C(N)=O. The maximum Gasteiger partial charge on any atom is 0.411 e. The molecular weight excluding hydrogens is 340 g/mol. The van der Waals surface area contributed by atoms with Gasteiger partial charge in [0.05, 0.1) is 12.6 Å². The Kier molecular flexibility index (Phi) is 7.45. The first kappa shape index (κ1) is 20.1. The summed E-state index contributed by atoms with van der Waals surface area (Å²) >= 11 is 0. The molecule has 0 bridgehead atoms. The van der Waals surface area contributed by atoms with Crippen molar-refractivity contribution in [2.24, 2.45) is 5.73 Å². The average Bonchev–Trinajstić information content (AvgIpc) is 2.64. The van der Waals surface area contributed by atoms with Gasteiger partial charge in [0.15, 0.2) is 0 Å². The fraction of sp³-hybridized carbons (Fsp3) is 0.273. The van der Waals surface area contributed by atoms with E-state index in [9.17, 15) is 9.59 Å². The Balaban J connectivity index is 2.24. The van der Waals surface area contributed by atoms with Crippen LogP contribution in [-0.2, 0) is 16.0 Å².